The molecule has 0 bridgehead atoms. The number of amides is 2. The SMILES string of the molecule is Cc1c(C(=O)NCc2cnc(-c3cc[nH]c3)s2)ccc2c1NC(=O)c1ccccc1S2(=O)=O. The van der Waals surface area contributed by atoms with Crippen LogP contribution in [0.3, 0.4) is 0 Å². The fourth-order valence-electron chi connectivity index (χ4n) is 3.74. The summed E-state index contributed by atoms with van der Waals surface area (Å²) in [6.07, 6.45) is 5.37. The lowest BCUT2D eigenvalue weighted by molar-refractivity contribution is 0.0949. The first-order valence-corrected chi connectivity index (χ1v) is 12.3. The minimum atomic E-state index is -3.93. The normalized spacial score (nSPS) is 14.0. The molecule has 2 aromatic carbocycles. The number of carbonyl (C=O) groups excluding carboxylic acids is 2. The molecule has 3 heterocycles. The van der Waals surface area contributed by atoms with Crippen LogP contribution < -0.4 is 10.6 Å². The number of H-pyrrole nitrogens is 1. The zero-order valence-electron chi connectivity index (χ0n) is 17.4. The third kappa shape index (κ3) is 3.62. The lowest BCUT2D eigenvalue weighted by Crippen LogP contribution is -2.24. The van der Waals surface area contributed by atoms with Crippen molar-refractivity contribution in [2.45, 2.75) is 23.3 Å². The largest absolute Gasteiger partial charge is 0.367 e. The van der Waals surface area contributed by atoms with E-state index in [-0.39, 0.29) is 39.1 Å². The summed E-state index contributed by atoms with van der Waals surface area (Å²) < 4.78 is 26.4. The van der Waals surface area contributed by atoms with Gasteiger partial charge in [-0.1, -0.05) is 12.1 Å². The van der Waals surface area contributed by atoms with Gasteiger partial charge in [-0.25, -0.2) is 13.4 Å². The van der Waals surface area contributed by atoms with Gasteiger partial charge < -0.3 is 15.6 Å². The molecular formula is C23H18N4O4S2. The van der Waals surface area contributed by atoms with Crippen LogP contribution in [0.4, 0.5) is 5.69 Å². The van der Waals surface area contributed by atoms with E-state index in [1.807, 2.05) is 18.5 Å². The Morgan fingerprint density at radius 2 is 1.94 bits per heavy atom. The summed E-state index contributed by atoms with van der Waals surface area (Å²) in [6.45, 7) is 1.89. The number of thiazole rings is 1. The Morgan fingerprint density at radius 3 is 2.73 bits per heavy atom. The minimum Gasteiger partial charge on any atom is -0.367 e. The number of sulfone groups is 1. The van der Waals surface area contributed by atoms with Crippen molar-refractivity contribution in [1.82, 2.24) is 15.3 Å². The molecule has 2 aromatic heterocycles. The molecule has 166 valence electrons. The Morgan fingerprint density at radius 1 is 1.12 bits per heavy atom. The number of nitrogens with one attached hydrogen (secondary N) is 3. The number of carbonyl (C=O) groups is 2. The monoisotopic (exact) mass is 478 g/mol. The maximum Gasteiger partial charge on any atom is 0.257 e. The van der Waals surface area contributed by atoms with Crippen molar-refractivity contribution < 1.29 is 18.0 Å². The smallest absolute Gasteiger partial charge is 0.257 e. The lowest BCUT2D eigenvalue weighted by atomic mass is 10.1. The number of nitrogens with zero attached hydrogens (tertiary/aromatic N) is 1. The van der Waals surface area contributed by atoms with Gasteiger partial charge in [-0.3, -0.25) is 9.59 Å². The molecule has 0 aliphatic carbocycles. The van der Waals surface area contributed by atoms with E-state index in [9.17, 15) is 18.0 Å². The van der Waals surface area contributed by atoms with E-state index in [2.05, 4.69) is 20.6 Å². The van der Waals surface area contributed by atoms with Gasteiger partial charge in [0, 0.05) is 34.6 Å². The van der Waals surface area contributed by atoms with Crippen molar-refractivity contribution in [2.75, 3.05) is 5.32 Å². The molecule has 0 spiro atoms. The molecule has 0 fully saturated rings. The Hall–Kier alpha value is -3.76. The first-order valence-electron chi connectivity index (χ1n) is 10.0. The highest BCUT2D eigenvalue weighted by atomic mass is 32.2. The Balaban J connectivity index is 1.43. The van der Waals surface area contributed by atoms with Crippen LogP contribution in [0.5, 0.6) is 0 Å². The summed E-state index contributed by atoms with van der Waals surface area (Å²) in [7, 11) is -3.93. The van der Waals surface area contributed by atoms with Gasteiger partial charge in [0.05, 0.1) is 27.6 Å². The molecule has 3 N–H and O–H groups in total. The molecule has 1 aliphatic heterocycles. The van der Waals surface area contributed by atoms with Gasteiger partial charge in [-0.2, -0.15) is 0 Å². The van der Waals surface area contributed by atoms with Crippen LogP contribution in [0.15, 0.2) is 70.8 Å². The second kappa shape index (κ2) is 7.98. The zero-order chi connectivity index (χ0) is 23.2. The maximum atomic E-state index is 13.2. The predicted octanol–water partition coefficient (Wildman–Crippen LogP) is 3.78. The van der Waals surface area contributed by atoms with E-state index >= 15 is 0 Å². The molecule has 8 nitrogen and oxygen atoms in total. The fourth-order valence-corrected chi connectivity index (χ4v) is 6.26. The molecule has 0 unspecified atom stereocenters. The van der Waals surface area contributed by atoms with Gasteiger partial charge in [-0.05, 0) is 42.8 Å². The van der Waals surface area contributed by atoms with Crippen molar-refractivity contribution >= 4 is 38.7 Å². The predicted molar refractivity (Wildman–Crippen MR) is 124 cm³/mol. The van der Waals surface area contributed by atoms with E-state index in [0.717, 1.165) is 15.4 Å². The minimum absolute atomic E-state index is 0.0338. The molecule has 1 aliphatic rings. The molecule has 0 saturated heterocycles. The number of hydrogen-bond donors (Lipinski definition) is 3. The molecule has 5 rings (SSSR count). The van der Waals surface area contributed by atoms with Gasteiger partial charge in [0.1, 0.15) is 5.01 Å². The van der Waals surface area contributed by atoms with E-state index in [1.165, 1.54) is 35.6 Å². The second-order valence-corrected chi connectivity index (χ2v) is 10.5. The Bertz CT molecular complexity index is 1510. The fraction of sp³-hybridized carbons (Fsp3) is 0.0870. The molecule has 2 amide bonds. The Labute approximate surface area is 193 Å². The summed E-state index contributed by atoms with van der Waals surface area (Å²) >= 11 is 1.47. The first kappa shape index (κ1) is 21.1. The number of anilines is 1. The highest BCUT2D eigenvalue weighted by molar-refractivity contribution is 7.91. The molecule has 10 heteroatoms. The maximum absolute atomic E-state index is 13.2. The van der Waals surface area contributed by atoms with Crippen LogP contribution in [0.25, 0.3) is 10.6 Å². The average molecular weight is 479 g/mol. The summed E-state index contributed by atoms with van der Waals surface area (Å²) in [5.74, 6) is -0.907. The van der Waals surface area contributed by atoms with Gasteiger partial charge in [-0.15, -0.1) is 11.3 Å². The average Bonchev–Trinajstić information content (AvgIpc) is 3.49. The van der Waals surface area contributed by atoms with Crippen LogP contribution in [0, 0.1) is 6.92 Å². The molecule has 0 radical (unpaired) electrons. The van der Waals surface area contributed by atoms with Crippen LogP contribution >= 0.6 is 11.3 Å². The molecule has 4 aromatic rings. The molecule has 0 saturated carbocycles. The van der Waals surface area contributed by atoms with Crippen molar-refractivity contribution in [2.24, 2.45) is 0 Å². The van der Waals surface area contributed by atoms with Crippen molar-refractivity contribution in [1.29, 1.82) is 0 Å². The quantitative estimate of drug-likeness (QED) is 0.412. The topological polar surface area (TPSA) is 121 Å². The first-order chi connectivity index (χ1) is 15.9. The van der Waals surface area contributed by atoms with Gasteiger partial charge in [0.25, 0.3) is 11.8 Å². The van der Waals surface area contributed by atoms with E-state index < -0.39 is 15.7 Å². The van der Waals surface area contributed by atoms with Crippen LogP contribution in [-0.2, 0) is 16.4 Å². The lowest BCUT2D eigenvalue weighted by Gasteiger charge is -2.14. The number of hydrogen-bond acceptors (Lipinski definition) is 6. The van der Waals surface area contributed by atoms with Crippen molar-refractivity contribution in [3.63, 3.8) is 0 Å². The highest BCUT2D eigenvalue weighted by Gasteiger charge is 2.32. The second-order valence-electron chi connectivity index (χ2n) is 7.48. The van der Waals surface area contributed by atoms with Crippen LogP contribution in [-0.4, -0.2) is 30.2 Å². The van der Waals surface area contributed by atoms with Gasteiger partial charge >= 0.3 is 0 Å². The summed E-state index contributed by atoms with van der Waals surface area (Å²) in [6, 6.07) is 10.8. The summed E-state index contributed by atoms with van der Waals surface area (Å²) in [5, 5.41) is 6.37. The van der Waals surface area contributed by atoms with Crippen LogP contribution in [0.1, 0.15) is 31.2 Å². The number of rotatable bonds is 4. The molecular weight excluding hydrogens is 460 g/mol. The number of benzene rings is 2. The zero-order valence-corrected chi connectivity index (χ0v) is 19.0. The third-order valence-corrected chi connectivity index (χ3v) is 8.34. The van der Waals surface area contributed by atoms with Crippen LogP contribution in [0.2, 0.25) is 0 Å². The van der Waals surface area contributed by atoms with Gasteiger partial charge in [0.15, 0.2) is 0 Å². The summed E-state index contributed by atoms with van der Waals surface area (Å²) in [5.41, 5.74) is 1.83. The molecule has 33 heavy (non-hydrogen) atoms. The molecule has 0 atom stereocenters. The number of aromatic nitrogens is 2. The summed E-state index contributed by atoms with van der Waals surface area (Å²) in [4.78, 5) is 33.8. The number of fused-ring (bicyclic) bond motifs is 2. The Kier molecular flexibility index (Phi) is 5.10. The highest BCUT2D eigenvalue weighted by Crippen LogP contribution is 2.36. The standard InChI is InChI=1S/C23H18N4O4S2/c1-13-16(21(28)25-11-15-12-26-23(32-15)14-8-9-24-10-14)6-7-19-20(13)27-22(29)17-4-2-3-5-18(17)33(19,30)31/h2-10,12,24H,11H2,1H3,(H,25,28)(H,27,29). The third-order valence-electron chi connectivity index (χ3n) is 5.44. The van der Waals surface area contributed by atoms with E-state index in [1.54, 1.807) is 25.3 Å². The van der Waals surface area contributed by atoms with E-state index in [0.29, 0.717) is 5.56 Å². The van der Waals surface area contributed by atoms with Gasteiger partial charge in [0.2, 0.25) is 9.84 Å². The van der Waals surface area contributed by atoms with Crippen molar-refractivity contribution in [3.8, 4) is 10.6 Å². The van der Waals surface area contributed by atoms with E-state index in [4.69, 9.17) is 0 Å². The van der Waals surface area contributed by atoms with Crippen molar-refractivity contribution in [3.05, 3.63) is 82.6 Å². The number of aromatic amines is 1.